The van der Waals surface area contributed by atoms with Gasteiger partial charge < -0.3 is 15.2 Å². The van der Waals surface area contributed by atoms with Crippen LogP contribution in [0.2, 0.25) is 0 Å². The average Bonchev–Trinajstić information content (AvgIpc) is 3.32. The third-order valence-corrected chi connectivity index (χ3v) is 10.8. The summed E-state index contributed by atoms with van der Waals surface area (Å²) >= 11 is 0. The highest BCUT2D eigenvalue weighted by molar-refractivity contribution is 7.85. The Morgan fingerprint density at radius 1 is 0.951 bits per heavy atom. The van der Waals surface area contributed by atoms with Gasteiger partial charge in [0, 0.05) is 24.7 Å². The Morgan fingerprint density at radius 2 is 1.61 bits per heavy atom. The predicted octanol–water partition coefficient (Wildman–Crippen LogP) is 6.14. The van der Waals surface area contributed by atoms with Crippen molar-refractivity contribution in [2.75, 3.05) is 13.2 Å². The van der Waals surface area contributed by atoms with Crippen LogP contribution in [0.5, 0.6) is 5.75 Å². The van der Waals surface area contributed by atoms with Gasteiger partial charge in [0.05, 0.1) is 11.5 Å². The average molecular weight is 586 g/mol. The standard InChI is InChI=1S/C25H35NO4.C7H8O3S/c26-9-2-10-27-23-4-1-3-20(16-23)19-5-7-24(8-6-19)28-25(30-29-24)21-12-17-11-18(14-21)15-22(25)13-17;1-6-2-4-7(5-3-6)11(8,9)10/h1,3-4,16-19,21-22H,2,5-15,26H2;2-5H,1H3,(H,8,9,10). The summed E-state index contributed by atoms with van der Waals surface area (Å²) < 4.78 is 42.2. The molecule has 6 aliphatic rings. The molecule has 2 aromatic rings. The molecule has 4 bridgehead atoms. The first kappa shape index (κ1) is 29.1. The smallest absolute Gasteiger partial charge is 0.294 e. The van der Waals surface area contributed by atoms with Gasteiger partial charge in [-0.05, 0) is 112 Å². The monoisotopic (exact) mass is 585 g/mol. The molecular formula is C32H43NO7S. The van der Waals surface area contributed by atoms with Crippen molar-refractivity contribution in [3.05, 3.63) is 59.7 Å². The molecule has 1 saturated heterocycles. The summed E-state index contributed by atoms with van der Waals surface area (Å²) in [4.78, 5) is 12.2. The van der Waals surface area contributed by atoms with Gasteiger partial charge in [0.2, 0.25) is 11.6 Å². The molecule has 3 N–H and O–H groups in total. The van der Waals surface area contributed by atoms with Gasteiger partial charge in [0.25, 0.3) is 10.1 Å². The SMILES string of the molecule is Cc1ccc(S(=O)(=O)O)cc1.NCCCOc1cccc(C2CCC3(CC2)OOC2(O3)C3CC4CC(C3)CC2C4)c1. The minimum Gasteiger partial charge on any atom is -0.494 e. The van der Waals surface area contributed by atoms with Crippen LogP contribution >= 0.6 is 0 Å². The van der Waals surface area contributed by atoms with Gasteiger partial charge in [-0.25, -0.2) is 0 Å². The van der Waals surface area contributed by atoms with E-state index in [1.165, 1.54) is 49.8 Å². The molecule has 0 unspecified atom stereocenters. The molecule has 9 heteroatoms. The van der Waals surface area contributed by atoms with Crippen LogP contribution in [0, 0.1) is 30.6 Å². The Kier molecular flexibility index (Phi) is 8.22. The van der Waals surface area contributed by atoms with Gasteiger partial charge >= 0.3 is 0 Å². The molecule has 0 atom stereocenters. The van der Waals surface area contributed by atoms with Crippen LogP contribution in [-0.2, 0) is 24.6 Å². The molecule has 0 radical (unpaired) electrons. The Labute approximate surface area is 243 Å². The topological polar surface area (TPSA) is 117 Å². The van der Waals surface area contributed by atoms with Crippen LogP contribution in [0.3, 0.4) is 0 Å². The quantitative estimate of drug-likeness (QED) is 0.236. The Hall–Kier alpha value is -2.01. The number of ether oxygens (including phenoxy) is 2. The van der Waals surface area contributed by atoms with Crippen LogP contribution in [0.15, 0.2) is 53.4 Å². The molecule has 1 aliphatic heterocycles. The Bertz CT molecular complexity index is 1280. The van der Waals surface area contributed by atoms with E-state index in [0.717, 1.165) is 55.3 Å². The van der Waals surface area contributed by atoms with Gasteiger partial charge in [-0.1, -0.05) is 29.8 Å². The van der Waals surface area contributed by atoms with Crippen molar-refractivity contribution < 1.29 is 32.2 Å². The van der Waals surface area contributed by atoms with Gasteiger partial charge in [-0.15, -0.1) is 0 Å². The number of benzene rings is 2. The zero-order valence-electron chi connectivity index (χ0n) is 23.9. The van der Waals surface area contributed by atoms with Crippen LogP contribution in [0.1, 0.15) is 81.3 Å². The van der Waals surface area contributed by atoms with E-state index in [1.54, 1.807) is 12.1 Å². The lowest BCUT2D eigenvalue weighted by Gasteiger charge is -2.57. The van der Waals surface area contributed by atoms with Crippen molar-refractivity contribution in [1.82, 2.24) is 0 Å². The fourth-order valence-electron chi connectivity index (χ4n) is 8.03. The highest BCUT2D eigenvalue weighted by atomic mass is 32.2. The van der Waals surface area contributed by atoms with Crippen LogP contribution in [-0.4, -0.2) is 37.7 Å². The molecule has 224 valence electrons. The maximum Gasteiger partial charge on any atom is 0.294 e. The summed E-state index contributed by atoms with van der Waals surface area (Å²) in [5, 5.41) is 0. The summed E-state index contributed by atoms with van der Waals surface area (Å²) in [6, 6.07) is 14.6. The number of aryl methyl sites for hydroxylation is 1. The fraction of sp³-hybridized carbons (Fsp3) is 0.625. The molecule has 41 heavy (non-hydrogen) atoms. The maximum atomic E-state index is 10.5. The summed E-state index contributed by atoms with van der Waals surface area (Å²) in [6.07, 6.45) is 11.3. The Balaban J connectivity index is 0.000000233. The van der Waals surface area contributed by atoms with E-state index in [4.69, 9.17) is 29.5 Å². The van der Waals surface area contributed by atoms with Crippen molar-refractivity contribution in [2.24, 2.45) is 29.4 Å². The minimum atomic E-state index is -4.02. The van der Waals surface area contributed by atoms with Crippen molar-refractivity contribution in [2.45, 2.75) is 93.5 Å². The molecule has 5 saturated carbocycles. The lowest BCUT2D eigenvalue weighted by Crippen LogP contribution is -2.59. The first-order chi connectivity index (χ1) is 19.7. The molecule has 5 aliphatic carbocycles. The van der Waals surface area contributed by atoms with E-state index in [1.807, 2.05) is 13.0 Å². The first-order valence-electron chi connectivity index (χ1n) is 15.2. The van der Waals surface area contributed by atoms with Crippen molar-refractivity contribution in [3.63, 3.8) is 0 Å². The third kappa shape index (κ3) is 6.08. The van der Waals surface area contributed by atoms with E-state index in [9.17, 15) is 8.42 Å². The van der Waals surface area contributed by atoms with E-state index in [0.29, 0.717) is 30.9 Å². The second kappa shape index (κ2) is 11.6. The summed E-state index contributed by atoms with van der Waals surface area (Å²) in [7, 11) is -4.02. The molecule has 8 rings (SSSR count). The van der Waals surface area contributed by atoms with Crippen molar-refractivity contribution >= 4 is 10.1 Å². The van der Waals surface area contributed by atoms with Crippen LogP contribution in [0.25, 0.3) is 0 Å². The third-order valence-electron chi connectivity index (χ3n) is 9.96. The van der Waals surface area contributed by atoms with Gasteiger partial charge in [0.15, 0.2) is 0 Å². The number of hydrogen-bond acceptors (Lipinski definition) is 7. The minimum absolute atomic E-state index is 0.0666. The first-order valence-corrected chi connectivity index (χ1v) is 16.7. The predicted molar refractivity (Wildman–Crippen MR) is 154 cm³/mol. The molecule has 2 aromatic carbocycles. The van der Waals surface area contributed by atoms with Crippen LogP contribution < -0.4 is 10.5 Å². The second-order valence-electron chi connectivity index (χ2n) is 12.8. The van der Waals surface area contributed by atoms with Gasteiger partial charge in [0.1, 0.15) is 5.75 Å². The highest BCUT2D eigenvalue weighted by Crippen LogP contribution is 2.64. The maximum absolute atomic E-state index is 10.5. The lowest BCUT2D eigenvalue weighted by molar-refractivity contribution is -0.390. The number of hydrogen-bond donors (Lipinski definition) is 2. The number of nitrogens with two attached hydrogens (primary N) is 1. The van der Waals surface area contributed by atoms with Gasteiger partial charge in [-0.3, -0.25) is 4.55 Å². The van der Waals surface area contributed by atoms with Crippen molar-refractivity contribution in [3.8, 4) is 5.75 Å². The molecular weight excluding hydrogens is 542 g/mol. The molecule has 1 heterocycles. The summed E-state index contributed by atoms with van der Waals surface area (Å²) in [5.41, 5.74) is 7.89. The molecule has 0 aromatic heterocycles. The zero-order valence-corrected chi connectivity index (χ0v) is 24.7. The normalized spacial score (nSPS) is 35.4. The van der Waals surface area contributed by atoms with Crippen LogP contribution in [0.4, 0.5) is 0 Å². The molecule has 6 fully saturated rings. The molecule has 0 amide bonds. The highest BCUT2D eigenvalue weighted by Gasteiger charge is 2.66. The lowest BCUT2D eigenvalue weighted by atomic mass is 9.53. The van der Waals surface area contributed by atoms with E-state index >= 15 is 0 Å². The van der Waals surface area contributed by atoms with Gasteiger partial charge in [-0.2, -0.15) is 18.2 Å². The summed E-state index contributed by atoms with van der Waals surface area (Å²) in [5.74, 6) is 3.37. The van der Waals surface area contributed by atoms with Crippen molar-refractivity contribution in [1.29, 1.82) is 0 Å². The Morgan fingerprint density at radius 3 is 2.22 bits per heavy atom. The zero-order chi connectivity index (χ0) is 28.7. The molecule has 8 nitrogen and oxygen atoms in total. The molecule has 2 spiro atoms. The number of rotatable bonds is 6. The van der Waals surface area contributed by atoms with E-state index in [-0.39, 0.29) is 4.90 Å². The summed E-state index contributed by atoms with van der Waals surface area (Å²) in [6.45, 7) is 3.18. The fourth-order valence-corrected chi connectivity index (χ4v) is 8.51. The largest absolute Gasteiger partial charge is 0.494 e. The van der Waals surface area contributed by atoms with E-state index in [2.05, 4.69) is 18.2 Å². The second-order valence-corrected chi connectivity index (χ2v) is 14.3. The van der Waals surface area contributed by atoms with E-state index < -0.39 is 21.7 Å².